The van der Waals surface area contributed by atoms with Crippen LogP contribution in [-0.4, -0.2) is 47.8 Å². The number of carbonyl (C=O) groups excluding carboxylic acids is 2. The second-order valence-electron chi connectivity index (χ2n) is 6.29. The summed E-state index contributed by atoms with van der Waals surface area (Å²) in [6, 6.07) is 8.44. The molecule has 2 aliphatic heterocycles. The number of hydrogen-bond acceptors (Lipinski definition) is 3. The highest BCUT2D eigenvalue weighted by Gasteiger charge is 2.27. The first-order chi connectivity index (χ1) is 10.6. The number of benzene rings is 1. The van der Waals surface area contributed by atoms with Crippen LogP contribution in [-0.2, 0) is 22.6 Å². The molecule has 2 heterocycles. The second-order valence-corrected chi connectivity index (χ2v) is 6.29. The molecule has 1 fully saturated rings. The van der Waals surface area contributed by atoms with Crippen LogP contribution in [0.1, 0.15) is 24.0 Å². The molecule has 1 aromatic rings. The minimum Gasteiger partial charge on any atom is -0.369 e. The Kier molecular flexibility index (Phi) is 4.43. The van der Waals surface area contributed by atoms with Crippen molar-refractivity contribution in [2.45, 2.75) is 25.8 Å². The number of rotatable bonds is 3. The third-order valence-electron chi connectivity index (χ3n) is 4.82. The third kappa shape index (κ3) is 3.30. The van der Waals surface area contributed by atoms with Crippen molar-refractivity contribution in [2.24, 2.45) is 11.7 Å². The smallest absolute Gasteiger partial charge is 0.236 e. The van der Waals surface area contributed by atoms with E-state index in [-0.39, 0.29) is 17.7 Å². The van der Waals surface area contributed by atoms with Crippen molar-refractivity contribution in [3.63, 3.8) is 0 Å². The Balaban J connectivity index is 1.52. The molecule has 2 aliphatic rings. The predicted molar refractivity (Wildman–Crippen MR) is 83.9 cm³/mol. The number of primary amides is 1. The number of piperidine rings is 1. The molecule has 3 rings (SSSR count). The van der Waals surface area contributed by atoms with Gasteiger partial charge in [0.05, 0.1) is 6.54 Å². The van der Waals surface area contributed by atoms with Gasteiger partial charge in [-0.15, -0.1) is 0 Å². The lowest BCUT2D eigenvalue weighted by molar-refractivity contribution is -0.136. The number of nitrogens with two attached hydrogens (primary N) is 1. The normalized spacial score (nSPS) is 19.7. The number of carbonyl (C=O) groups is 2. The van der Waals surface area contributed by atoms with Crippen LogP contribution in [0.5, 0.6) is 0 Å². The molecule has 22 heavy (non-hydrogen) atoms. The molecule has 5 nitrogen and oxygen atoms in total. The molecular formula is C17H23N3O2. The van der Waals surface area contributed by atoms with Gasteiger partial charge in [0, 0.05) is 32.1 Å². The highest BCUT2D eigenvalue weighted by atomic mass is 16.2. The number of amides is 2. The Bertz CT molecular complexity index is 565. The third-order valence-corrected chi connectivity index (χ3v) is 4.82. The lowest BCUT2D eigenvalue weighted by Gasteiger charge is -2.34. The fourth-order valence-corrected chi connectivity index (χ4v) is 3.39. The van der Waals surface area contributed by atoms with Crippen molar-refractivity contribution in [3.05, 3.63) is 35.4 Å². The van der Waals surface area contributed by atoms with Crippen molar-refractivity contribution in [1.29, 1.82) is 0 Å². The van der Waals surface area contributed by atoms with Gasteiger partial charge in [-0.1, -0.05) is 24.3 Å². The first kappa shape index (κ1) is 15.0. The summed E-state index contributed by atoms with van der Waals surface area (Å²) >= 11 is 0. The summed E-state index contributed by atoms with van der Waals surface area (Å²) in [6.07, 6.45) is 2.40. The van der Waals surface area contributed by atoms with E-state index in [1.54, 1.807) is 0 Å². The van der Waals surface area contributed by atoms with Crippen molar-refractivity contribution >= 4 is 11.8 Å². The van der Waals surface area contributed by atoms with Gasteiger partial charge in [-0.2, -0.15) is 0 Å². The van der Waals surface area contributed by atoms with E-state index in [0.29, 0.717) is 32.5 Å². The van der Waals surface area contributed by atoms with E-state index in [1.165, 1.54) is 11.1 Å². The fourth-order valence-electron chi connectivity index (χ4n) is 3.39. The number of likely N-dealkylation sites (tertiary alicyclic amines) is 1. The number of hydrogen-bond donors (Lipinski definition) is 1. The molecule has 0 bridgehead atoms. The van der Waals surface area contributed by atoms with E-state index in [2.05, 4.69) is 29.2 Å². The topological polar surface area (TPSA) is 66.6 Å². The summed E-state index contributed by atoms with van der Waals surface area (Å²) < 4.78 is 0. The average molecular weight is 301 g/mol. The van der Waals surface area contributed by atoms with Crippen LogP contribution in [0.4, 0.5) is 0 Å². The maximum Gasteiger partial charge on any atom is 0.236 e. The van der Waals surface area contributed by atoms with Crippen LogP contribution >= 0.6 is 0 Å². The molecule has 2 N–H and O–H groups in total. The first-order valence-electron chi connectivity index (χ1n) is 7.99. The summed E-state index contributed by atoms with van der Waals surface area (Å²) in [5.74, 6) is -0.132. The van der Waals surface area contributed by atoms with E-state index < -0.39 is 0 Å². The summed E-state index contributed by atoms with van der Waals surface area (Å²) in [4.78, 5) is 27.7. The Morgan fingerprint density at radius 3 is 2.45 bits per heavy atom. The molecule has 0 aliphatic carbocycles. The number of fused-ring (bicyclic) bond motifs is 1. The highest BCUT2D eigenvalue weighted by Crippen LogP contribution is 2.20. The standard InChI is InChI=1S/C17H23N3O2/c18-17(22)14-6-9-20(10-7-14)16(21)12-19-8-5-13-3-1-2-4-15(13)11-19/h1-4,14H,5-12H2,(H2,18,22). The van der Waals surface area contributed by atoms with Crippen LogP contribution in [0, 0.1) is 5.92 Å². The van der Waals surface area contributed by atoms with Crippen LogP contribution in [0.3, 0.4) is 0 Å². The molecule has 0 aromatic heterocycles. The van der Waals surface area contributed by atoms with Crippen molar-refractivity contribution < 1.29 is 9.59 Å². The fraction of sp³-hybridized carbons (Fsp3) is 0.529. The zero-order chi connectivity index (χ0) is 15.5. The molecule has 0 atom stereocenters. The predicted octanol–water partition coefficient (Wildman–Crippen LogP) is 0.769. The van der Waals surface area contributed by atoms with Crippen molar-refractivity contribution in [1.82, 2.24) is 9.80 Å². The van der Waals surface area contributed by atoms with Gasteiger partial charge in [0.2, 0.25) is 11.8 Å². The van der Waals surface area contributed by atoms with E-state index in [0.717, 1.165) is 19.5 Å². The second kappa shape index (κ2) is 6.48. The monoisotopic (exact) mass is 301 g/mol. The number of nitrogens with zero attached hydrogens (tertiary/aromatic N) is 2. The minimum atomic E-state index is -0.236. The van der Waals surface area contributed by atoms with E-state index in [9.17, 15) is 9.59 Å². The van der Waals surface area contributed by atoms with Gasteiger partial charge in [-0.05, 0) is 30.4 Å². The Morgan fingerprint density at radius 2 is 1.77 bits per heavy atom. The SMILES string of the molecule is NC(=O)C1CCN(C(=O)CN2CCc3ccccc3C2)CC1. The van der Waals surface area contributed by atoms with Gasteiger partial charge in [-0.3, -0.25) is 14.5 Å². The maximum absolute atomic E-state index is 12.4. The Morgan fingerprint density at radius 1 is 1.09 bits per heavy atom. The lowest BCUT2D eigenvalue weighted by atomic mass is 9.96. The van der Waals surface area contributed by atoms with Gasteiger partial charge in [0.25, 0.3) is 0 Å². The van der Waals surface area contributed by atoms with Crippen LogP contribution in [0.25, 0.3) is 0 Å². The van der Waals surface area contributed by atoms with Gasteiger partial charge in [0.15, 0.2) is 0 Å². The molecule has 2 amide bonds. The molecule has 0 radical (unpaired) electrons. The van der Waals surface area contributed by atoms with Crippen LogP contribution < -0.4 is 5.73 Å². The van der Waals surface area contributed by atoms with Crippen LogP contribution in [0.15, 0.2) is 24.3 Å². The minimum absolute atomic E-state index is 0.0640. The molecule has 5 heteroatoms. The Labute approximate surface area is 131 Å². The molecule has 1 saturated heterocycles. The maximum atomic E-state index is 12.4. The molecule has 0 spiro atoms. The summed E-state index contributed by atoms with van der Waals surface area (Å²) in [6.45, 7) is 3.55. The van der Waals surface area contributed by atoms with Gasteiger partial charge >= 0.3 is 0 Å². The van der Waals surface area contributed by atoms with Crippen molar-refractivity contribution in [2.75, 3.05) is 26.2 Å². The lowest BCUT2D eigenvalue weighted by Crippen LogP contribution is -2.46. The summed E-state index contributed by atoms with van der Waals surface area (Å²) in [5, 5.41) is 0. The zero-order valence-corrected chi connectivity index (χ0v) is 12.8. The van der Waals surface area contributed by atoms with Gasteiger partial charge in [0.1, 0.15) is 0 Å². The Hall–Kier alpha value is -1.88. The average Bonchev–Trinajstić information content (AvgIpc) is 2.55. The molecule has 1 aromatic carbocycles. The summed E-state index contributed by atoms with van der Waals surface area (Å²) in [7, 11) is 0. The largest absolute Gasteiger partial charge is 0.369 e. The zero-order valence-electron chi connectivity index (χ0n) is 12.8. The molecule has 0 saturated carbocycles. The molecule has 0 unspecified atom stereocenters. The van der Waals surface area contributed by atoms with Crippen LogP contribution in [0.2, 0.25) is 0 Å². The van der Waals surface area contributed by atoms with E-state index in [1.807, 2.05) is 4.90 Å². The summed E-state index contributed by atoms with van der Waals surface area (Å²) in [5.41, 5.74) is 8.06. The molecular weight excluding hydrogens is 278 g/mol. The quantitative estimate of drug-likeness (QED) is 0.896. The van der Waals surface area contributed by atoms with Gasteiger partial charge in [-0.25, -0.2) is 0 Å². The van der Waals surface area contributed by atoms with E-state index >= 15 is 0 Å². The first-order valence-corrected chi connectivity index (χ1v) is 7.99. The molecule has 118 valence electrons. The van der Waals surface area contributed by atoms with Crippen molar-refractivity contribution in [3.8, 4) is 0 Å². The van der Waals surface area contributed by atoms with Gasteiger partial charge < -0.3 is 10.6 Å². The highest BCUT2D eigenvalue weighted by molar-refractivity contribution is 5.80. The van der Waals surface area contributed by atoms with E-state index in [4.69, 9.17) is 5.73 Å².